The van der Waals surface area contributed by atoms with Gasteiger partial charge in [0.05, 0.1) is 12.1 Å². The third-order valence-electron chi connectivity index (χ3n) is 3.05. The van der Waals surface area contributed by atoms with Gasteiger partial charge >= 0.3 is 0 Å². The molecule has 1 aliphatic carbocycles. The number of aliphatic hydroxyl groups excluding tert-OH is 1. The van der Waals surface area contributed by atoms with E-state index in [1.165, 1.54) is 12.3 Å². The van der Waals surface area contributed by atoms with Crippen LogP contribution >= 0.6 is 0 Å². The third-order valence-corrected chi connectivity index (χ3v) is 3.05. The van der Waals surface area contributed by atoms with E-state index in [1.54, 1.807) is 6.07 Å². The van der Waals surface area contributed by atoms with Gasteiger partial charge in [0.2, 0.25) is 0 Å². The molecule has 5 nitrogen and oxygen atoms in total. The summed E-state index contributed by atoms with van der Waals surface area (Å²) >= 11 is 0. The highest BCUT2D eigenvalue weighted by atomic mass is 16.3. The van der Waals surface area contributed by atoms with Crippen LogP contribution in [0.2, 0.25) is 0 Å². The van der Waals surface area contributed by atoms with Gasteiger partial charge in [-0.05, 0) is 25.0 Å². The number of carbonyl (C=O) groups is 1. The Labute approximate surface area is 99.5 Å². The lowest BCUT2D eigenvalue weighted by Crippen LogP contribution is -2.45. The van der Waals surface area contributed by atoms with Crippen LogP contribution in [0.4, 0.5) is 0 Å². The Balaban J connectivity index is 2.04. The van der Waals surface area contributed by atoms with Crippen molar-refractivity contribution < 1.29 is 15.0 Å². The molecule has 1 fully saturated rings. The smallest absolute Gasteiger partial charge is 0.274 e. The molecule has 1 aliphatic rings. The van der Waals surface area contributed by atoms with Gasteiger partial charge in [0.1, 0.15) is 5.75 Å². The molecule has 1 saturated carbocycles. The molecule has 0 bridgehead atoms. The lowest BCUT2D eigenvalue weighted by Gasteiger charge is -2.28. The average molecular weight is 236 g/mol. The van der Waals surface area contributed by atoms with Crippen molar-refractivity contribution in [2.45, 2.75) is 37.8 Å². The Kier molecular flexibility index (Phi) is 3.58. The number of aromatic hydroxyl groups is 1. The molecular formula is C12H16N2O3. The molecule has 92 valence electrons. The molecule has 5 heteroatoms. The van der Waals surface area contributed by atoms with E-state index in [4.69, 9.17) is 0 Å². The summed E-state index contributed by atoms with van der Waals surface area (Å²) in [6.45, 7) is 0. The highest BCUT2D eigenvalue weighted by Crippen LogP contribution is 2.19. The van der Waals surface area contributed by atoms with Crippen LogP contribution < -0.4 is 5.32 Å². The van der Waals surface area contributed by atoms with Crippen molar-refractivity contribution >= 4 is 5.91 Å². The predicted octanol–water partition coefficient (Wildman–Crippen LogP) is 0.820. The molecule has 0 aromatic carbocycles. The number of nitrogens with zero attached hydrogens (tertiary/aromatic N) is 1. The highest BCUT2D eigenvalue weighted by Gasteiger charge is 2.25. The number of carbonyl (C=O) groups excluding carboxylic acids is 1. The maximum atomic E-state index is 11.8. The molecule has 17 heavy (non-hydrogen) atoms. The van der Waals surface area contributed by atoms with Gasteiger partial charge < -0.3 is 15.5 Å². The Morgan fingerprint density at radius 3 is 2.88 bits per heavy atom. The molecule has 0 aliphatic heterocycles. The average Bonchev–Trinajstić information content (AvgIpc) is 2.32. The van der Waals surface area contributed by atoms with Crippen molar-refractivity contribution in [1.29, 1.82) is 0 Å². The fourth-order valence-electron chi connectivity index (χ4n) is 2.09. The number of aliphatic hydroxyl groups is 1. The number of amides is 1. The van der Waals surface area contributed by atoms with Crippen LogP contribution in [0.3, 0.4) is 0 Å². The van der Waals surface area contributed by atoms with Crippen molar-refractivity contribution in [3.8, 4) is 5.75 Å². The quantitative estimate of drug-likeness (QED) is 0.710. The van der Waals surface area contributed by atoms with Crippen molar-refractivity contribution in [2.24, 2.45) is 0 Å². The second kappa shape index (κ2) is 5.14. The molecule has 1 aromatic heterocycles. The Morgan fingerprint density at radius 1 is 1.41 bits per heavy atom. The van der Waals surface area contributed by atoms with E-state index in [9.17, 15) is 15.0 Å². The first kappa shape index (κ1) is 11.9. The molecule has 0 radical (unpaired) electrons. The fourth-order valence-corrected chi connectivity index (χ4v) is 2.09. The van der Waals surface area contributed by atoms with Gasteiger partial charge in [-0.15, -0.1) is 0 Å². The first-order valence-electron chi connectivity index (χ1n) is 5.81. The Morgan fingerprint density at radius 2 is 2.18 bits per heavy atom. The van der Waals surface area contributed by atoms with Gasteiger partial charge in [0.25, 0.3) is 5.91 Å². The van der Waals surface area contributed by atoms with Crippen molar-refractivity contribution in [3.05, 3.63) is 24.0 Å². The second-order valence-corrected chi connectivity index (χ2v) is 4.30. The molecule has 3 N–H and O–H groups in total. The van der Waals surface area contributed by atoms with Crippen molar-refractivity contribution in [3.63, 3.8) is 0 Å². The first-order valence-corrected chi connectivity index (χ1v) is 5.81. The number of rotatable bonds is 2. The summed E-state index contributed by atoms with van der Waals surface area (Å²) in [6.07, 6.45) is 4.41. The van der Waals surface area contributed by atoms with Gasteiger partial charge in [-0.25, -0.2) is 4.98 Å². The fraction of sp³-hybridized carbons (Fsp3) is 0.500. The summed E-state index contributed by atoms with van der Waals surface area (Å²) in [5.74, 6) is -0.579. The molecule has 0 spiro atoms. The van der Waals surface area contributed by atoms with E-state index >= 15 is 0 Å². The Hall–Kier alpha value is -1.62. The predicted molar refractivity (Wildman–Crippen MR) is 61.6 cm³/mol. The SMILES string of the molecule is O=C(NC1CCCCC1O)c1ncccc1O. The van der Waals surface area contributed by atoms with E-state index in [-0.39, 0.29) is 17.5 Å². The number of pyridine rings is 1. The molecule has 1 heterocycles. The third kappa shape index (κ3) is 2.74. The van der Waals surface area contributed by atoms with Gasteiger partial charge in [0, 0.05) is 6.20 Å². The van der Waals surface area contributed by atoms with Crippen LogP contribution in [0, 0.1) is 0 Å². The first-order chi connectivity index (χ1) is 8.18. The standard InChI is InChI=1S/C12H16N2O3/c15-9-5-2-1-4-8(9)14-12(17)11-10(16)6-3-7-13-11/h3,6-9,15-16H,1-2,4-5H2,(H,14,17). The van der Waals surface area contributed by atoms with Crippen LogP contribution in [0.25, 0.3) is 0 Å². The molecule has 2 atom stereocenters. The topological polar surface area (TPSA) is 82.5 Å². The number of hydrogen-bond acceptors (Lipinski definition) is 4. The molecule has 2 unspecified atom stereocenters. The molecule has 1 amide bonds. The van der Waals surface area contributed by atoms with E-state index in [1.807, 2.05) is 0 Å². The molecule has 2 rings (SSSR count). The minimum Gasteiger partial charge on any atom is -0.505 e. The van der Waals surface area contributed by atoms with Crippen molar-refractivity contribution in [1.82, 2.24) is 10.3 Å². The number of aromatic nitrogens is 1. The lowest BCUT2D eigenvalue weighted by molar-refractivity contribution is 0.0711. The maximum absolute atomic E-state index is 11.8. The van der Waals surface area contributed by atoms with E-state index in [0.717, 1.165) is 19.3 Å². The minimum atomic E-state index is -0.501. The van der Waals surface area contributed by atoms with Gasteiger partial charge in [-0.1, -0.05) is 12.8 Å². The summed E-state index contributed by atoms with van der Waals surface area (Å²) < 4.78 is 0. The summed E-state index contributed by atoms with van der Waals surface area (Å²) in [7, 11) is 0. The van der Waals surface area contributed by atoms with Crippen LogP contribution in [0.1, 0.15) is 36.2 Å². The minimum absolute atomic E-state index is 0.00488. The van der Waals surface area contributed by atoms with E-state index in [2.05, 4.69) is 10.3 Å². The zero-order valence-electron chi connectivity index (χ0n) is 9.47. The van der Waals surface area contributed by atoms with Crippen LogP contribution in [0.15, 0.2) is 18.3 Å². The van der Waals surface area contributed by atoms with Gasteiger partial charge in [-0.2, -0.15) is 0 Å². The van der Waals surface area contributed by atoms with Crippen molar-refractivity contribution in [2.75, 3.05) is 0 Å². The lowest BCUT2D eigenvalue weighted by atomic mass is 9.92. The van der Waals surface area contributed by atoms with E-state index in [0.29, 0.717) is 6.42 Å². The summed E-state index contributed by atoms with van der Waals surface area (Å²) in [6, 6.07) is 2.73. The van der Waals surface area contributed by atoms with Gasteiger partial charge in [-0.3, -0.25) is 4.79 Å². The summed E-state index contributed by atoms with van der Waals surface area (Å²) in [5.41, 5.74) is 0.00488. The highest BCUT2D eigenvalue weighted by molar-refractivity contribution is 5.94. The summed E-state index contributed by atoms with van der Waals surface area (Å²) in [4.78, 5) is 15.7. The molecule has 1 aromatic rings. The normalized spacial score (nSPS) is 24.3. The zero-order chi connectivity index (χ0) is 12.3. The number of nitrogens with one attached hydrogen (secondary N) is 1. The molecular weight excluding hydrogens is 220 g/mol. The zero-order valence-corrected chi connectivity index (χ0v) is 9.47. The molecule has 0 saturated heterocycles. The largest absolute Gasteiger partial charge is 0.505 e. The van der Waals surface area contributed by atoms with Crippen LogP contribution in [-0.2, 0) is 0 Å². The maximum Gasteiger partial charge on any atom is 0.274 e. The second-order valence-electron chi connectivity index (χ2n) is 4.30. The van der Waals surface area contributed by atoms with Crippen LogP contribution in [0.5, 0.6) is 5.75 Å². The van der Waals surface area contributed by atoms with Crippen LogP contribution in [-0.4, -0.2) is 33.3 Å². The van der Waals surface area contributed by atoms with E-state index < -0.39 is 12.0 Å². The Bertz CT molecular complexity index is 408. The monoisotopic (exact) mass is 236 g/mol. The number of hydrogen-bond donors (Lipinski definition) is 3. The summed E-state index contributed by atoms with van der Waals surface area (Å²) in [5, 5.41) is 21.9. The van der Waals surface area contributed by atoms with Gasteiger partial charge in [0.15, 0.2) is 5.69 Å².